The van der Waals surface area contributed by atoms with Crippen LogP contribution in [0.4, 0.5) is 0 Å². The molecule has 1 rings (SSSR count). The first-order valence-electron chi connectivity index (χ1n) is 3.43. The third-order valence-corrected chi connectivity index (χ3v) is 3.15. The fourth-order valence-corrected chi connectivity index (χ4v) is 2.16. The molecule has 0 atom stereocenters. The minimum atomic E-state index is -0.214. The van der Waals surface area contributed by atoms with E-state index in [1.165, 1.54) is 0 Å². The first kappa shape index (κ1) is 9.06. The van der Waals surface area contributed by atoms with Gasteiger partial charge in [-0.05, 0) is 0 Å². The molecule has 1 nitrogen and oxygen atoms in total. The molecule has 0 unspecified atom stereocenters. The van der Waals surface area contributed by atoms with Gasteiger partial charge in [-0.1, -0.05) is 0 Å². The molecule has 0 aliphatic carbocycles. The third kappa shape index (κ3) is 1.76. The Morgan fingerprint density at radius 1 is 1.50 bits per heavy atom. The number of hydrogen-bond donors (Lipinski definition) is 0. The van der Waals surface area contributed by atoms with Crippen molar-refractivity contribution in [1.82, 2.24) is 0 Å². The van der Waals surface area contributed by atoms with E-state index >= 15 is 0 Å². The summed E-state index contributed by atoms with van der Waals surface area (Å²) in [6, 6.07) is 7.49. The van der Waals surface area contributed by atoms with Gasteiger partial charge in [0.2, 0.25) is 0 Å². The summed E-state index contributed by atoms with van der Waals surface area (Å²) in [4.78, 5) is 11.2. The number of carbonyl (C=O) groups is 1. The number of hydrogen-bond acceptors (Lipinski definition) is 1. The van der Waals surface area contributed by atoms with E-state index in [2.05, 4.69) is 11.7 Å². The second-order valence-electron chi connectivity index (χ2n) is 2.17. The zero-order valence-electron chi connectivity index (χ0n) is 6.70. The monoisotopic (exact) mass is 224 g/mol. The van der Waals surface area contributed by atoms with E-state index in [1.807, 2.05) is 18.2 Å². The van der Waals surface area contributed by atoms with Crippen molar-refractivity contribution in [3.63, 3.8) is 0 Å². The molecule has 12 heavy (non-hydrogen) atoms. The third-order valence-electron chi connectivity index (χ3n) is 1.48. The average Bonchev–Trinajstić information content (AvgIpc) is 2.16. The van der Waals surface area contributed by atoms with Crippen LogP contribution >= 0.6 is 0 Å². The molecule has 0 aliphatic heterocycles. The Hall–Kier alpha value is -1.03. The summed E-state index contributed by atoms with van der Waals surface area (Å²) < 4.78 is 1.08. The van der Waals surface area contributed by atoms with Crippen LogP contribution in [0.5, 0.6) is 0 Å². The molecule has 0 saturated carbocycles. The van der Waals surface area contributed by atoms with E-state index in [0.29, 0.717) is 20.5 Å². The predicted molar refractivity (Wildman–Crippen MR) is 50.9 cm³/mol. The standard InChI is InChI=1S/C10H8OSe/c1-3-9(11)8-6-4-5-7-10(8)12-2/h1,4-7H,2H3. The molecule has 1 aromatic rings. The second-order valence-corrected chi connectivity index (χ2v) is 3.95. The van der Waals surface area contributed by atoms with Crippen LogP contribution in [0.3, 0.4) is 0 Å². The molecule has 1 aromatic carbocycles. The van der Waals surface area contributed by atoms with Crippen LogP contribution in [0, 0.1) is 12.3 Å². The number of rotatable bonds is 2. The average molecular weight is 223 g/mol. The molecule has 0 fully saturated rings. The van der Waals surface area contributed by atoms with Crippen molar-refractivity contribution in [1.29, 1.82) is 0 Å². The van der Waals surface area contributed by atoms with Crippen LogP contribution in [0.2, 0.25) is 5.82 Å². The first-order chi connectivity index (χ1) is 5.79. The van der Waals surface area contributed by atoms with Crippen molar-refractivity contribution in [2.45, 2.75) is 5.82 Å². The van der Waals surface area contributed by atoms with E-state index in [-0.39, 0.29) is 5.78 Å². The SMILES string of the molecule is C#CC(=O)c1ccccc1[Se]C. The number of carbonyl (C=O) groups excluding carboxylic acids is 1. The van der Waals surface area contributed by atoms with Crippen molar-refractivity contribution in [3.05, 3.63) is 29.8 Å². The van der Waals surface area contributed by atoms with E-state index in [1.54, 1.807) is 6.07 Å². The summed E-state index contributed by atoms with van der Waals surface area (Å²) in [6.07, 6.45) is 5.04. The minimum absolute atomic E-state index is 0.214. The van der Waals surface area contributed by atoms with Gasteiger partial charge in [-0.2, -0.15) is 0 Å². The molecule has 0 heterocycles. The molecule has 0 saturated heterocycles. The first-order valence-corrected chi connectivity index (χ1v) is 6.00. The van der Waals surface area contributed by atoms with E-state index in [9.17, 15) is 4.79 Å². The van der Waals surface area contributed by atoms with Crippen molar-refractivity contribution < 1.29 is 4.79 Å². The Balaban J connectivity index is 3.15. The molecule has 0 N–H and O–H groups in total. The predicted octanol–water partition coefficient (Wildman–Crippen LogP) is 0.880. The quantitative estimate of drug-likeness (QED) is 0.315. The zero-order valence-corrected chi connectivity index (χ0v) is 8.42. The number of Topliss-reactive ketones (excluding diaryl/α,β-unsaturated/α-hetero) is 1. The summed E-state index contributed by atoms with van der Waals surface area (Å²) in [6.45, 7) is 0. The second kappa shape index (κ2) is 4.11. The van der Waals surface area contributed by atoms with E-state index < -0.39 is 0 Å². The van der Waals surface area contributed by atoms with Crippen LogP contribution in [-0.4, -0.2) is 20.7 Å². The van der Waals surface area contributed by atoms with Crippen LogP contribution in [-0.2, 0) is 0 Å². The van der Waals surface area contributed by atoms with Gasteiger partial charge in [0.15, 0.2) is 0 Å². The summed E-state index contributed by atoms with van der Waals surface area (Å²) in [5, 5.41) is 0. The summed E-state index contributed by atoms with van der Waals surface area (Å²) in [7, 11) is 0. The maximum atomic E-state index is 11.2. The number of ketones is 1. The number of terminal acetylenes is 1. The Labute approximate surface area is 78.3 Å². The van der Waals surface area contributed by atoms with Crippen molar-refractivity contribution in [2.75, 3.05) is 0 Å². The summed E-state index contributed by atoms with van der Waals surface area (Å²) in [5.41, 5.74) is 0.683. The van der Waals surface area contributed by atoms with Crippen molar-refractivity contribution in [2.24, 2.45) is 0 Å². The Bertz CT molecular complexity index is 336. The molecule has 0 radical (unpaired) electrons. The van der Waals surface area contributed by atoms with Crippen LogP contribution in [0.1, 0.15) is 10.4 Å². The van der Waals surface area contributed by atoms with Gasteiger partial charge in [-0.3, -0.25) is 0 Å². The molecule has 0 aromatic heterocycles. The van der Waals surface area contributed by atoms with Gasteiger partial charge in [0.1, 0.15) is 0 Å². The Kier molecular flexibility index (Phi) is 3.10. The maximum absolute atomic E-state index is 11.2. The summed E-state index contributed by atoms with van der Waals surface area (Å²) >= 11 is 0.323. The molecular formula is C10H8OSe. The van der Waals surface area contributed by atoms with Gasteiger partial charge in [-0.15, -0.1) is 0 Å². The van der Waals surface area contributed by atoms with Gasteiger partial charge in [0.25, 0.3) is 0 Å². The topological polar surface area (TPSA) is 17.1 Å². The van der Waals surface area contributed by atoms with Gasteiger partial charge >= 0.3 is 78.0 Å². The van der Waals surface area contributed by atoms with Crippen molar-refractivity contribution >= 4 is 25.2 Å². The Morgan fingerprint density at radius 2 is 2.17 bits per heavy atom. The number of benzene rings is 1. The van der Waals surface area contributed by atoms with E-state index in [0.717, 1.165) is 4.46 Å². The van der Waals surface area contributed by atoms with Gasteiger partial charge in [0, 0.05) is 0 Å². The van der Waals surface area contributed by atoms with Crippen LogP contribution in [0.25, 0.3) is 0 Å². The van der Waals surface area contributed by atoms with Crippen LogP contribution in [0.15, 0.2) is 24.3 Å². The molecule has 0 amide bonds. The van der Waals surface area contributed by atoms with Gasteiger partial charge < -0.3 is 0 Å². The fourth-order valence-electron chi connectivity index (χ4n) is 0.910. The van der Waals surface area contributed by atoms with Gasteiger partial charge in [-0.25, -0.2) is 0 Å². The molecular weight excluding hydrogens is 215 g/mol. The normalized spacial score (nSPS) is 9.00. The van der Waals surface area contributed by atoms with E-state index in [4.69, 9.17) is 6.42 Å². The fraction of sp³-hybridized carbons (Fsp3) is 0.100. The molecule has 0 bridgehead atoms. The van der Waals surface area contributed by atoms with Crippen molar-refractivity contribution in [3.8, 4) is 12.3 Å². The van der Waals surface area contributed by atoms with Crippen LogP contribution < -0.4 is 4.46 Å². The zero-order chi connectivity index (χ0) is 8.97. The molecule has 2 heteroatoms. The summed E-state index contributed by atoms with van der Waals surface area (Å²) in [5.74, 6) is 3.98. The van der Waals surface area contributed by atoms with Gasteiger partial charge in [0.05, 0.1) is 0 Å². The molecule has 0 aliphatic rings. The molecule has 60 valence electrons. The Morgan fingerprint density at radius 3 is 2.75 bits per heavy atom. The molecule has 0 spiro atoms.